The molecule has 0 heterocycles. The van der Waals surface area contributed by atoms with Crippen molar-refractivity contribution in [1.29, 1.82) is 0 Å². The molecule has 0 aliphatic heterocycles. The van der Waals surface area contributed by atoms with Gasteiger partial charge in [-0.3, -0.25) is 0 Å². The molecule has 0 aromatic heterocycles. The van der Waals surface area contributed by atoms with E-state index in [0.29, 0.717) is 11.8 Å². The van der Waals surface area contributed by atoms with E-state index in [1.165, 1.54) is 51.1 Å². The second kappa shape index (κ2) is 10.9. The molecule has 2 aliphatic rings. The summed E-state index contributed by atoms with van der Waals surface area (Å²) in [4.78, 5) is 0. The van der Waals surface area contributed by atoms with Gasteiger partial charge in [0, 0.05) is 0 Å². The van der Waals surface area contributed by atoms with Crippen LogP contribution in [0.1, 0.15) is 105 Å². The Kier molecular flexibility index (Phi) is 8.25. The zero-order chi connectivity index (χ0) is 27.1. The first-order valence-electron chi connectivity index (χ1n) is 13.8. The SMILES string of the molecule is CC1=C(C)C(C)=[C]([Zr]([O]c2cccc(C(C)C)c2)([O]c2cccc(C(C)C)c2)[C]2=C(C)C(C)=C(C)C2)C1. The van der Waals surface area contributed by atoms with E-state index < -0.39 is 21.1 Å². The molecule has 3 heteroatoms. The van der Waals surface area contributed by atoms with Crippen LogP contribution < -0.4 is 5.63 Å². The van der Waals surface area contributed by atoms with Crippen LogP contribution >= 0.6 is 0 Å². The van der Waals surface area contributed by atoms with Gasteiger partial charge in [0.2, 0.25) is 0 Å². The first kappa shape index (κ1) is 27.9. The van der Waals surface area contributed by atoms with Gasteiger partial charge in [0.05, 0.1) is 0 Å². The van der Waals surface area contributed by atoms with E-state index in [1.807, 2.05) is 0 Å². The Morgan fingerprint density at radius 1 is 0.568 bits per heavy atom. The second-order valence-electron chi connectivity index (χ2n) is 11.6. The fourth-order valence-electron chi connectivity index (χ4n) is 5.54. The first-order chi connectivity index (χ1) is 17.4. The van der Waals surface area contributed by atoms with E-state index in [4.69, 9.17) is 5.63 Å². The van der Waals surface area contributed by atoms with Crippen LogP contribution in [0.3, 0.4) is 0 Å². The fourth-order valence-corrected chi connectivity index (χ4v) is 15.8. The summed E-state index contributed by atoms with van der Waals surface area (Å²) in [6, 6.07) is 17.4. The molecule has 0 atom stereocenters. The maximum absolute atomic E-state index is 7.42. The number of allylic oxidation sites excluding steroid dienone is 8. The zero-order valence-electron chi connectivity index (χ0n) is 24.5. The Morgan fingerprint density at radius 2 is 0.946 bits per heavy atom. The maximum atomic E-state index is 7.42. The zero-order valence-corrected chi connectivity index (χ0v) is 27.0. The molecule has 0 amide bonds. The quantitative estimate of drug-likeness (QED) is 0.312. The van der Waals surface area contributed by atoms with Gasteiger partial charge >= 0.3 is 232 Å². The molecule has 0 bridgehead atoms. The van der Waals surface area contributed by atoms with Crippen LogP contribution in [0.2, 0.25) is 0 Å². The van der Waals surface area contributed by atoms with Crippen LogP contribution in [0.25, 0.3) is 0 Å². The van der Waals surface area contributed by atoms with Gasteiger partial charge < -0.3 is 0 Å². The van der Waals surface area contributed by atoms with E-state index in [0.717, 1.165) is 24.3 Å². The van der Waals surface area contributed by atoms with Crippen LogP contribution in [0, 0.1) is 0 Å². The summed E-state index contributed by atoms with van der Waals surface area (Å²) in [6.07, 6.45) is 1.88. The Hall–Kier alpha value is -2.12. The van der Waals surface area contributed by atoms with Crippen molar-refractivity contribution in [2.45, 2.75) is 93.9 Å². The molecule has 2 aromatic rings. The predicted molar refractivity (Wildman–Crippen MR) is 154 cm³/mol. The van der Waals surface area contributed by atoms with Crippen molar-refractivity contribution >= 4 is 0 Å². The Labute approximate surface area is 230 Å². The average molecular weight is 576 g/mol. The minimum atomic E-state index is -4.23. The molecule has 0 saturated heterocycles. The molecule has 0 spiro atoms. The minimum absolute atomic E-state index is 0.439. The third kappa shape index (κ3) is 5.40. The van der Waals surface area contributed by atoms with Crippen molar-refractivity contribution in [3.8, 4) is 11.5 Å². The van der Waals surface area contributed by atoms with Gasteiger partial charge in [0.1, 0.15) is 0 Å². The Morgan fingerprint density at radius 3 is 1.24 bits per heavy atom. The van der Waals surface area contributed by atoms with Crippen molar-refractivity contribution < 1.29 is 26.8 Å². The number of hydrogen-bond donors (Lipinski definition) is 0. The van der Waals surface area contributed by atoms with Crippen LogP contribution in [0.4, 0.5) is 0 Å². The third-order valence-corrected chi connectivity index (χ3v) is 17.8. The van der Waals surface area contributed by atoms with Crippen LogP contribution in [-0.4, -0.2) is 0 Å². The van der Waals surface area contributed by atoms with Crippen LogP contribution in [0.5, 0.6) is 11.5 Å². The molecule has 196 valence electrons. The summed E-state index contributed by atoms with van der Waals surface area (Å²) in [5.41, 5.74) is 11.0. The fraction of sp³-hybridized carbons (Fsp3) is 0.412. The molecule has 0 N–H and O–H groups in total. The normalized spacial score (nSPS) is 16.8. The summed E-state index contributed by atoms with van der Waals surface area (Å²) in [5, 5.41) is 0. The summed E-state index contributed by atoms with van der Waals surface area (Å²) in [7, 11) is 0. The third-order valence-electron chi connectivity index (χ3n) is 8.56. The predicted octanol–water partition coefficient (Wildman–Crippen LogP) is 10.4. The molecule has 0 saturated carbocycles. The Balaban J connectivity index is 1.97. The monoisotopic (exact) mass is 574 g/mol. The van der Waals surface area contributed by atoms with Crippen molar-refractivity contribution in [3.63, 3.8) is 0 Å². The van der Waals surface area contributed by atoms with Crippen LogP contribution in [0.15, 0.2) is 88.5 Å². The molecular weight excluding hydrogens is 532 g/mol. The number of benzene rings is 2. The summed E-state index contributed by atoms with van der Waals surface area (Å²) in [6.45, 7) is 22.6. The van der Waals surface area contributed by atoms with Crippen LogP contribution in [-0.2, 0) is 21.1 Å². The van der Waals surface area contributed by atoms with Gasteiger partial charge in [-0.15, -0.1) is 0 Å². The average Bonchev–Trinajstić information content (AvgIpc) is 3.28. The Bertz CT molecular complexity index is 1230. The topological polar surface area (TPSA) is 18.5 Å². The number of hydrogen-bond acceptors (Lipinski definition) is 2. The molecule has 0 radical (unpaired) electrons. The molecule has 37 heavy (non-hydrogen) atoms. The van der Waals surface area contributed by atoms with Gasteiger partial charge in [0.25, 0.3) is 0 Å². The molecular formula is C34H44O2Zr. The van der Waals surface area contributed by atoms with Crippen molar-refractivity contribution in [1.82, 2.24) is 0 Å². The molecule has 0 unspecified atom stereocenters. The van der Waals surface area contributed by atoms with Gasteiger partial charge in [-0.25, -0.2) is 0 Å². The van der Waals surface area contributed by atoms with E-state index >= 15 is 0 Å². The molecule has 2 aromatic carbocycles. The molecule has 4 rings (SSSR count). The standard InChI is InChI=1S/2C9H12O.2C8H11.Zr/c2*1-7(2)8-4-3-5-9(10)6-8;2*1-6-4-5-7(2)8(6)3;/h2*3-7,10H,1-2H3;2*4H2,1-3H3;/q;;;;+2/p-2. The summed E-state index contributed by atoms with van der Waals surface area (Å²) in [5.74, 6) is 2.75. The van der Waals surface area contributed by atoms with Crippen molar-refractivity contribution in [2.24, 2.45) is 0 Å². The molecule has 2 nitrogen and oxygen atoms in total. The molecule has 2 aliphatic carbocycles. The number of rotatable bonds is 8. The van der Waals surface area contributed by atoms with Gasteiger partial charge in [0.15, 0.2) is 0 Å². The van der Waals surface area contributed by atoms with Gasteiger partial charge in [-0.2, -0.15) is 0 Å². The van der Waals surface area contributed by atoms with E-state index in [9.17, 15) is 0 Å². The summed E-state index contributed by atoms with van der Waals surface area (Å²) >= 11 is -4.23. The second-order valence-corrected chi connectivity index (χ2v) is 18.6. The summed E-state index contributed by atoms with van der Waals surface area (Å²) < 4.78 is 17.7. The molecule has 0 fully saturated rings. The van der Waals surface area contributed by atoms with E-state index in [1.54, 1.807) is 0 Å². The van der Waals surface area contributed by atoms with Gasteiger partial charge in [-0.05, 0) is 0 Å². The van der Waals surface area contributed by atoms with Gasteiger partial charge in [-0.1, -0.05) is 0 Å². The van der Waals surface area contributed by atoms with E-state index in [2.05, 4.69) is 118 Å². The van der Waals surface area contributed by atoms with Crippen molar-refractivity contribution in [2.75, 3.05) is 0 Å². The van der Waals surface area contributed by atoms with Crippen molar-refractivity contribution in [3.05, 3.63) is 99.7 Å². The van der Waals surface area contributed by atoms with E-state index in [-0.39, 0.29) is 0 Å². The first-order valence-corrected chi connectivity index (χ1v) is 18.2.